The second-order valence-corrected chi connectivity index (χ2v) is 7.51. The molecule has 0 saturated carbocycles. The molecule has 5 heteroatoms. The normalized spacial score (nSPS) is 18.2. The predicted octanol–water partition coefficient (Wildman–Crippen LogP) is 4.17. The monoisotopic (exact) mass is 395 g/mol. The maximum atomic E-state index is 13.8. The van der Waals surface area contributed by atoms with E-state index in [9.17, 15) is 14.9 Å². The standard InChI is InChI=1S/C25H21N3O2/c1-17-12-13-22(14-18(17)2)25(21-10-4-3-5-11-21)23(29)28(24(30)27-25)16-20-9-7-6-8-19(20)15-26/h3-14H,16H2,1-2H3,(H,27,30)/t25-/m0/s1. The smallest absolute Gasteiger partial charge is 0.315 e. The van der Waals surface area contributed by atoms with Crippen LogP contribution in [0.5, 0.6) is 0 Å². The molecule has 3 aromatic rings. The van der Waals surface area contributed by atoms with Crippen LogP contribution in [0.2, 0.25) is 0 Å². The van der Waals surface area contributed by atoms with Gasteiger partial charge in [-0.2, -0.15) is 5.26 Å². The second-order valence-electron chi connectivity index (χ2n) is 7.51. The number of carbonyl (C=O) groups excluding carboxylic acids is 2. The molecule has 1 saturated heterocycles. The number of nitrogens with zero attached hydrogens (tertiary/aromatic N) is 2. The van der Waals surface area contributed by atoms with Gasteiger partial charge < -0.3 is 5.32 Å². The Morgan fingerprint density at radius 1 is 0.900 bits per heavy atom. The average Bonchev–Trinajstić information content (AvgIpc) is 3.02. The quantitative estimate of drug-likeness (QED) is 0.674. The molecule has 148 valence electrons. The van der Waals surface area contributed by atoms with E-state index in [0.29, 0.717) is 22.3 Å². The van der Waals surface area contributed by atoms with Crippen molar-refractivity contribution in [3.8, 4) is 6.07 Å². The summed E-state index contributed by atoms with van der Waals surface area (Å²) in [4.78, 5) is 28.0. The molecule has 0 spiro atoms. The van der Waals surface area contributed by atoms with E-state index in [0.717, 1.165) is 11.1 Å². The summed E-state index contributed by atoms with van der Waals surface area (Å²) in [6, 6.07) is 23.7. The number of aryl methyl sites for hydroxylation is 2. The van der Waals surface area contributed by atoms with Crippen molar-refractivity contribution in [2.45, 2.75) is 25.9 Å². The third-order valence-electron chi connectivity index (χ3n) is 5.72. The number of urea groups is 1. The molecule has 1 N–H and O–H groups in total. The first-order valence-corrected chi connectivity index (χ1v) is 9.72. The minimum Gasteiger partial charge on any atom is -0.315 e. The maximum absolute atomic E-state index is 13.8. The zero-order valence-corrected chi connectivity index (χ0v) is 16.8. The van der Waals surface area contributed by atoms with Crippen LogP contribution in [0.4, 0.5) is 4.79 Å². The van der Waals surface area contributed by atoms with Crippen LogP contribution in [-0.4, -0.2) is 16.8 Å². The Bertz CT molecular complexity index is 1180. The van der Waals surface area contributed by atoms with Crippen molar-refractivity contribution in [2.24, 2.45) is 0 Å². The van der Waals surface area contributed by atoms with E-state index in [1.165, 1.54) is 4.90 Å². The first kappa shape index (κ1) is 19.4. The number of hydrogen-bond acceptors (Lipinski definition) is 3. The molecule has 1 fully saturated rings. The number of nitriles is 1. The maximum Gasteiger partial charge on any atom is 0.325 e. The van der Waals surface area contributed by atoms with Gasteiger partial charge in [-0.1, -0.05) is 66.7 Å². The largest absolute Gasteiger partial charge is 0.325 e. The number of rotatable bonds is 4. The summed E-state index contributed by atoms with van der Waals surface area (Å²) < 4.78 is 0. The first-order valence-electron chi connectivity index (χ1n) is 9.72. The first-order chi connectivity index (χ1) is 14.5. The highest BCUT2D eigenvalue weighted by molar-refractivity contribution is 6.09. The molecular weight excluding hydrogens is 374 g/mol. The van der Waals surface area contributed by atoms with E-state index in [-0.39, 0.29) is 12.5 Å². The summed E-state index contributed by atoms with van der Waals surface area (Å²) in [7, 11) is 0. The van der Waals surface area contributed by atoms with E-state index in [4.69, 9.17) is 0 Å². The molecule has 1 atom stereocenters. The number of nitrogens with one attached hydrogen (secondary N) is 1. The Labute approximate surface area is 175 Å². The number of hydrogen-bond donors (Lipinski definition) is 1. The fourth-order valence-electron chi connectivity index (χ4n) is 3.88. The molecule has 30 heavy (non-hydrogen) atoms. The van der Waals surface area contributed by atoms with Crippen LogP contribution in [0.15, 0.2) is 72.8 Å². The highest BCUT2D eigenvalue weighted by Crippen LogP contribution is 2.37. The third-order valence-corrected chi connectivity index (χ3v) is 5.72. The van der Waals surface area contributed by atoms with Gasteiger partial charge >= 0.3 is 6.03 Å². The molecule has 1 aliphatic rings. The summed E-state index contributed by atoms with van der Waals surface area (Å²) in [5, 5.41) is 12.3. The molecule has 5 nitrogen and oxygen atoms in total. The lowest BCUT2D eigenvalue weighted by atomic mass is 9.81. The van der Waals surface area contributed by atoms with E-state index < -0.39 is 11.6 Å². The van der Waals surface area contributed by atoms with E-state index in [1.54, 1.807) is 24.3 Å². The van der Waals surface area contributed by atoms with Crippen molar-refractivity contribution in [3.63, 3.8) is 0 Å². The van der Waals surface area contributed by atoms with Gasteiger partial charge in [-0.15, -0.1) is 0 Å². The highest BCUT2D eigenvalue weighted by atomic mass is 16.2. The molecule has 0 aromatic heterocycles. The number of benzene rings is 3. The van der Waals surface area contributed by atoms with Crippen molar-refractivity contribution in [1.29, 1.82) is 5.26 Å². The van der Waals surface area contributed by atoms with Crippen LogP contribution in [0, 0.1) is 25.2 Å². The van der Waals surface area contributed by atoms with Gasteiger partial charge in [-0.3, -0.25) is 9.69 Å². The lowest BCUT2D eigenvalue weighted by Crippen LogP contribution is -2.45. The van der Waals surface area contributed by atoms with Crippen LogP contribution >= 0.6 is 0 Å². The summed E-state index contributed by atoms with van der Waals surface area (Å²) in [5.74, 6) is -0.352. The fraction of sp³-hybridized carbons (Fsp3) is 0.160. The highest BCUT2D eigenvalue weighted by Gasteiger charge is 2.53. The minimum atomic E-state index is -1.31. The molecule has 3 aromatic carbocycles. The Balaban J connectivity index is 1.84. The van der Waals surface area contributed by atoms with Crippen LogP contribution in [0.3, 0.4) is 0 Å². The van der Waals surface area contributed by atoms with Crippen molar-refractivity contribution in [1.82, 2.24) is 10.2 Å². The molecule has 4 rings (SSSR count). The summed E-state index contributed by atoms with van der Waals surface area (Å²) >= 11 is 0. The Kier molecular flexibility index (Phi) is 4.85. The van der Waals surface area contributed by atoms with E-state index >= 15 is 0 Å². The van der Waals surface area contributed by atoms with Crippen LogP contribution in [0.1, 0.15) is 33.4 Å². The van der Waals surface area contributed by atoms with Crippen molar-refractivity contribution in [2.75, 3.05) is 0 Å². The molecule has 0 bridgehead atoms. The van der Waals surface area contributed by atoms with Gasteiger partial charge in [-0.25, -0.2) is 4.79 Å². The number of carbonyl (C=O) groups is 2. The van der Waals surface area contributed by atoms with Gasteiger partial charge in [0.25, 0.3) is 5.91 Å². The zero-order valence-electron chi connectivity index (χ0n) is 16.8. The second kappa shape index (κ2) is 7.49. The van der Waals surface area contributed by atoms with Gasteiger partial charge in [0.1, 0.15) is 0 Å². The molecule has 1 heterocycles. The van der Waals surface area contributed by atoms with Crippen LogP contribution < -0.4 is 5.32 Å². The predicted molar refractivity (Wildman–Crippen MR) is 113 cm³/mol. The summed E-state index contributed by atoms with van der Waals surface area (Å²) in [6.45, 7) is 4.03. The van der Waals surface area contributed by atoms with Gasteiger partial charge in [0.05, 0.1) is 18.2 Å². The van der Waals surface area contributed by atoms with Gasteiger partial charge in [0, 0.05) is 0 Å². The zero-order chi connectivity index (χ0) is 21.3. The van der Waals surface area contributed by atoms with E-state index in [2.05, 4.69) is 11.4 Å². The lowest BCUT2D eigenvalue weighted by Gasteiger charge is -2.28. The number of amides is 3. The van der Waals surface area contributed by atoms with Gasteiger partial charge in [-0.05, 0) is 47.7 Å². The molecule has 1 aliphatic heterocycles. The minimum absolute atomic E-state index is 0.0355. The van der Waals surface area contributed by atoms with Gasteiger partial charge in [0.15, 0.2) is 5.54 Å². The Morgan fingerprint density at radius 3 is 2.30 bits per heavy atom. The summed E-state index contributed by atoms with van der Waals surface area (Å²) in [5.41, 5.74) is 3.33. The van der Waals surface area contributed by atoms with E-state index in [1.807, 2.05) is 62.4 Å². The van der Waals surface area contributed by atoms with Crippen molar-refractivity contribution >= 4 is 11.9 Å². The Morgan fingerprint density at radius 2 is 1.60 bits per heavy atom. The molecule has 3 amide bonds. The van der Waals surface area contributed by atoms with Crippen molar-refractivity contribution in [3.05, 3.63) is 106 Å². The fourth-order valence-corrected chi connectivity index (χ4v) is 3.88. The topological polar surface area (TPSA) is 73.2 Å². The molecular formula is C25H21N3O2. The number of imide groups is 1. The van der Waals surface area contributed by atoms with Crippen molar-refractivity contribution < 1.29 is 9.59 Å². The molecule has 0 radical (unpaired) electrons. The average molecular weight is 395 g/mol. The summed E-state index contributed by atoms with van der Waals surface area (Å²) in [6.07, 6.45) is 0. The lowest BCUT2D eigenvalue weighted by molar-refractivity contribution is -0.130. The Hall–Kier alpha value is -3.91. The van der Waals surface area contributed by atoms with Crippen LogP contribution in [-0.2, 0) is 16.9 Å². The third kappa shape index (κ3) is 3.03. The van der Waals surface area contributed by atoms with Crippen LogP contribution in [0.25, 0.3) is 0 Å². The molecule has 0 aliphatic carbocycles. The van der Waals surface area contributed by atoms with Gasteiger partial charge in [0.2, 0.25) is 0 Å². The molecule has 0 unspecified atom stereocenters. The SMILES string of the molecule is Cc1ccc([C@]2(c3ccccc3)NC(=O)N(Cc3ccccc3C#N)C2=O)cc1C.